The summed E-state index contributed by atoms with van der Waals surface area (Å²) in [5.41, 5.74) is 1.77. The van der Waals surface area contributed by atoms with E-state index in [2.05, 4.69) is 10.4 Å². The van der Waals surface area contributed by atoms with Crippen LogP contribution in [-0.2, 0) is 6.54 Å². The molecule has 0 aliphatic heterocycles. The maximum absolute atomic E-state index is 12.2. The number of nitrogens with zero attached hydrogens (tertiary/aromatic N) is 3. The van der Waals surface area contributed by atoms with Crippen LogP contribution in [0.5, 0.6) is 0 Å². The molecule has 1 aromatic heterocycles. The number of benzene rings is 1. The zero-order valence-corrected chi connectivity index (χ0v) is 12.9. The summed E-state index contributed by atoms with van der Waals surface area (Å²) < 4.78 is 1.82. The van der Waals surface area contributed by atoms with Gasteiger partial charge in [0.15, 0.2) is 0 Å². The summed E-state index contributed by atoms with van der Waals surface area (Å²) in [4.78, 5) is 13.6. The topological polar surface area (TPSA) is 90.6 Å². The quantitative estimate of drug-likeness (QED) is 0.681. The first kappa shape index (κ1) is 17.0. The van der Waals surface area contributed by atoms with Gasteiger partial charge in [-0.25, -0.2) is 4.79 Å². The van der Waals surface area contributed by atoms with Gasteiger partial charge in [-0.05, 0) is 30.2 Å². The summed E-state index contributed by atoms with van der Waals surface area (Å²) in [6, 6.07) is 9.12. The highest BCUT2D eigenvalue weighted by molar-refractivity contribution is 5.89. The van der Waals surface area contributed by atoms with E-state index in [1.807, 2.05) is 41.2 Å². The second kappa shape index (κ2) is 8.92. The van der Waals surface area contributed by atoms with Gasteiger partial charge in [0.25, 0.3) is 0 Å². The molecule has 2 aromatic rings. The number of carbonyl (C=O) groups is 1. The Kier molecular flexibility index (Phi) is 6.58. The molecule has 0 aliphatic rings. The molecule has 0 radical (unpaired) electrons. The van der Waals surface area contributed by atoms with Crippen molar-refractivity contribution in [1.82, 2.24) is 14.7 Å². The van der Waals surface area contributed by atoms with Gasteiger partial charge in [0.05, 0.1) is 13.2 Å². The summed E-state index contributed by atoms with van der Waals surface area (Å²) in [5, 5.41) is 24.8. The summed E-state index contributed by atoms with van der Waals surface area (Å²) >= 11 is 0. The van der Waals surface area contributed by atoms with E-state index in [0.717, 1.165) is 5.56 Å². The fourth-order valence-corrected chi connectivity index (χ4v) is 2.17. The molecule has 23 heavy (non-hydrogen) atoms. The van der Waals surface area contributed by atoms with Crippen LogP contribution in [0.2, 0.25) is 0 Å². The van der Waals surface area contributed by atoms with Crippen molar-refractivity contribution in [3.63, 3.8) is 0 Å². The number of anilines is 1. The smallest absolute Gasteiger partial charge is 0.321 e. The number of hydrogen-bond donors (Lipinski definition) is 3. The minimum atomic E-state index is -0.285. The molecule has 0 aliphatic carbocycles. The van der Waals surface area contributed by atoms with Gasteiger partial charge in [-0.2, -0.15) is 5.10 Å². The van der Waals surface area contributed by atoms with Gasteiger partial charge in [-0.15, -0.1) is 0 Å². The number of aliphatic hydroxyl groups is 2. The summed E-state index contributed by atoms with van der Waals surface area (Å²) in [6.07, 6.45) is 4.11. The summed E-state index contributed by atoms with van der Waals surface area (Å²) in [7, 11) is 0. The average Bonchev–Trinajstić information content (AvgIpc) is 3.06. The first-order valence-electron chi connectivity index (χ1n) is 7.57. The fourth-order valence-electron chi connectivity index (χ4n) is 2.17. The highest BCUT2D eigenvalue weighted by Gasteiger charge is 2.12. The van der Waals surface area contributed by atoms with Gasteiger partial charge >= 0.3 is 6.03 Å². The minimum absolute atomic E-state index is 0.0112. The van der Waals surface area contributed by atoms with Crippen molar-refractivity contribution in [3.8, 4) is 0 Å². The van der Waals surface area contributed by atoms with E-state index in [4.69, 9.17) is 10.2 Å². The highest BCUT2D eigenvalue weighted by atomic mass is 16.3. The number of aromatic nitrogens is 2. The average molecular weight is 318 g/mol. The number of amides is 2. The van der Waals surface area contributed by atoms with Crippen molar-refractivity contribution in [2.75, 3.05) is 31.6 Å². The van der Waals surface area contributed by atoms with Crippen LogP contribution in [0.15, 0.2) is 42.7 Å². The molecule has 7 heteroatoms. The molecule has 1 heterocycles. The monoisotopic (exact) mass is 318 g/mol. The highest BCUT2D eigenvalue weighted by Crippen LogP contribution is 2.11. The van der Waals surface area contributed by atoms with Crippen LogP contribution in [0.3, 0.4) is 0 Å². The van der Waals surface area contributed by atoms with E-state index in [1.165, 1.54) is 4.90 Å². The molecule has 1 aromatic carbocycles. The van der Waals surface area contributed by atoms with Gasteiger partial charge < -0.3 is 20.4 Å². The Labute approximate surface area is 135 Å². The van der Waals surface area contributed by atoms with Crippen molar-refractivity contribution < 1.29 is 15.0 Å². The third kappa shape index (κ3) is 5.39. The fraction of sp³-hybridized carbons (Fsp3) is 0.375. The molecule has 0 spiro atoms. The Balaban J connectivity index is 1.92. The lowest BCUT2D eigenvalue weighted by atomic mass is 10.2. The summed E-state index contributed by atoms with van der Waals surface area (Å²) in [5.74, 6) is 0. The Morgan fingerprint density at radius 1 is 1.17 bits per heavy atom. The zero-order valence-electron chi connectivity index (χ0n) is 12.9. The van der Waals surface area contributed by atoms with Crippen molar-refractivity contribution in [1.29, 1.82) is 0 Å². The minimum Gasteiger partial charge on any atom is -0.396 e. The largest absolute Gasteiger partial charge is 0.396 e. The lowest BCUT2D eigenvalue weighted by molar-refractivity contribution is 0.180. The summed E-state index contributed by atoms with van der Waals surface area (Å²) in [6.45, 7) is 1.22. The maximum Gasteiger partial charge on any atom is 0.321 e. The van der Waals surface area contributed by atoms with Crippen LogP contribution < -0.4 is 5.32 Å². The van der Waals surface area contributed by atoms with Gasteiger partial charge in [0, 0.05) is 37.8 Å². The number of rotatable bonds is 8. The molecule has 124 valence electrons. The number of aliphatic hydroxyl groups excluding tert-OH is 2. The van der Waals surface area contributed by atoms with Gasteiger partial charge in [0.1, 0.15) is 0 Å². The molecule has 0 bridgehead atoms. The molecule has 0 saturated heterocycles. The van der Waals surface area contributed by atoms with Crippen LogP contribution in [0.25, 0.3) is 0 Å². The normalized spacial score (nSPS) is 10.5. The first-order chi connectivity index (χ1) is 11.2. The molecule has 2 rings (SSSR count). The second-order valence-electron chi connectivity index (χ2n) is 5.12. The second-order valence-corrected chi connectivity index (χ2v) is 5.12. The van der Waals surface area contributed by atoms with Gasteiger partial charge in [0.2, 0.25) is 0 Å². The van der Waals surface area contributed by atoms with Crippen LogP contribution in [0.1, 0.15) is 12.0 Å². The van der Waals surface area contributed by atoms with E-state index in [0.29, 0.717) is 25.2 Å². The van der Waals surface area contributed by atoms with E-state index in [1.54, 1.807) is 6.20 Å². The standard InChI is InChI=1S/C16H22N4O3/c21-11-2-8-19(10-12-22)16(23)18-15-5-3-14(4-6-15)13-20-9-1-7-17-20/h1,3-7,9,21-22H,2,8,10-13H2,(H,18,23). The maximum atomic E-state index is 12.2. The molecule has 0 unspecified atom stereocenters. The van der Waals surface area contributed by atoms with Crippen molar-refractivity contribution in [2.45, 2.75) is 13.0 Å². The Hall–Kier alpha value is -2.38. The van der Waals surface area contributed by atoms with Crippen LogP contribution in [-0.4, -0.2) is 57.2 Å². The molecular formula is C16H22N4O3. The van der Waals surface area contributed by atoms with E-state index in [9.17, 15) is 4.79 Å². The van der Waals surface area contributed by atoms with Crippen molar-refractivity contribution in [2.24, 2.45) is 0 Å². The Morgan fingerprint density at radius 3 is 2.57 bits per heavy atom. The number of hydrogen-bond acceptors (Lipinski definition) is 4. The number of urea groups is 1. The van der Waals surface area contributed by atoms with Crippen LogP contribution in [0, 0.1) is 0 Å². The van der Waals surface area contributed by atoms with E-state index >= 15 is 0 Å². The molecule has 7 nitrogen and oxygen atoms in total. The SMILES string of the molecule is O=C(Nc1ccc(Cn2cccn2)cc1)N(CCO)CCCO. The lowest BCUT2D eigenvalue weighted by Crippen LogP contribution is -2.38. The lowest BCUT2D eigenvalue weighted by Gasteiger charge is -2.21. The number of carbonyl (C=O) groups excluding carboxylic acids is 1. The van der Waals surface area contributed by atoms with Crippen molar-refractivity contribution >= 4 is 11.7 Å². The number of nitrogens with one attached hydrogen (secondary N) is 1. The van der Waals surface area contributed by atoms with Gasteiger partial charge in [-0.3, -0.25) is 4.68 Å². The molecule has 0 saturated carbocycles. The van der Waals surface area contributed by atoms with Crippen LogP contribution >= 0.6 is 0 Å². The third-order valence-corrected chi connectivity index (χ3v) is 3.35. The Bertz CT molecular complexity index is 584. The van der Waals surface area contributed by atoms with Crippen LogP contribution in [0.4, 0.5) is 10.5 Å². The zero-order chi connectivity index (χ0) is 16.5. The third-order valence-electron chi connectivity index (χ3n) is 3.35. The predicted molar refractivity (Wildman–Crippen MR) is 87.2 cm³/mol. The predicted octanol–water partition coefficient (Wildman–Crippen LogP) is 1.14. The molecular weight excluding hydrogens is 296 g/mol. The van der Waals surface area contributed by atoms with Gasteiger partial charge in [-0.1, -0.05) is 12.1 Å². The van der Waals surface area contributed by atoms with E-state index in [-0.39, 0.29) is 25.8 Å². The first-order valence-corrected chi connectivity index (χ1v) is 7.57. The Morgan fingerprint density at radius 2 is 1.96 bits per heavy atom. The van der Waals surface area contributed by atoms with Crippen molar-refractivity contribution in [3.05, 3.63) is 48.3 Å². The molecule has 0 fully saturated rings. The molecule has 2 amide bonds. The van der Waals surface area contributed by atoms with E-state index < -0.39 is 0 Å². The molecule has 3 N–H and O–H groups in total. The molecule has 0 atom stereocenters.